The first-order valence-corrected chi connectivity index (χ1v) is 3.63. The van der Waals surface area contributed by atoms with Crippen molar-refractivity contribution >= 4 is 11.0 Å². The van der Waals surface area contributed by atoms with Crippen LogP contribution in [0.1, 0.15) is 5.56 Å². The summed E-state index contributed by atoms with van der Waals surface area (Å²) in [6.45, 7) is 1.89. The van der Waals surface area contributed by atoms with Crippen molar-refractivity contribution in [2.24, 2.45) is 0 Å². The van der Waals surface area contributed by atoms with E-state index in [0.717, 1.165) is 10.9 Å². The molecule has 0 unspecified atom stereocenters. The molecule has 2 rings (SSSR count). The van der Waals surface area contributed by atoms with E-state index in [-0.39, 0.29) is 0 Å². The van der Waals surface area contributed by atoms with Gasteiger partial charge in [0.25, 0.3) is 0 Å². The van der Waals surface area contributed by atoms with Gasteiger partial charge in [-0.2, -0.15) is 4.98 Å². The summed E-state index contributed by atoms with van der Waals surface area (Å²) in [4.78, 5) is 14.3. The summed E-state index contributed by atoms with van der Waals surface area (Å²) in [5, 5.41) is 0.856. The van der Waals surface area contributed by atoms with E-state index < -0.39 is 5.76 Å². The van der Waals surface area contributed by atoms with E-state index in [9.17, 15) is 4.79 Å². The van der Waals surface area contributed by atoms with Gasteiger partial charge in [-0.3, -0.25) is 0 Å². The molecule has 1 aromatic heterocycles. The van der Waals surface area contributed by atoms with Crippen LogP contribution in [0.2, 0.25) is 0 Å². The highest BCUT2D eigenvalue weighted by molar-refractivity contribution is 5.78. The average Bonchev–Trinajstić information content (AvgIpc) is 2.07. The molecule has 0 bridgehead atoms. The Morgan fingerprint density at radius 2 is 2.25 bits per heavy atom. The zero-order valence-corrected chi connectivity index (χ0v) is 6.57. The summed E-state index contributed by atoms with van der Waals surface area (Å²) in [6, 6.07) is 5.66. The number of aromatic nitrogens is 1. The SMILES string of the molecule is Cc1cccc2cnc(=O)oc12. The summed E-state index contributed by atoms with van der Waals surface area (Å²) in [7, 11) is 0. The first kappa shape index (κ1) is 7.03. The third kappa shape index (κ3) is 0.993. The fourth-order valence-electron chi connectivity index (χ4n) is 1.15. The molecule has 0 aliphatic carbocycles. The van der Waals surface area contributed by atoms with Gasteiger partial charge in [-0.1, -0.05) is 12.1 Å². The van der Waals surface area contributed by atoms with Gasteiger partial charge in [0.05, 0.1) is 0 Å². The van der Waals surface area contributed by atoms with E-state index in [2.05, 4.69) is 4.98 Å². The number of aryl methyl sites for hydroxylation is 1. The summed E-state index contributed by atoms with van der Waals surface area (Å²) >= 11 is 0. The zero-order chi connectivity index (χ0) is 8.55. The normalized spacial score (nSPS) is 10.4. The van der Waals surface area contributed by atoms with Crippen molar-refractivity contribution in [2.75, 3.05) is 0 Å². The van der Waals surface area contributed by atoms with E-state index in [1.54, 1.807) is 0 Å². The lowest BCUT2D eigenvalue weighted by Crippen LogP contribution is -2.01. The van der Waals surface area contributed by atoms with Gasteiger partial charge in [-0.15, -0.1) is 0 Å². The summed E-state index contributed by atoms with van der Waals surface area (Å²) in [6.07, 6.45) is 1.52. The van der Waals surface area contributed by atoms with Crippen molar-refractivity contribution in [3.05, 3.63) is 40.5 Å². The maximum atomic E-state index is 10.8. The number of hydrogen-bond donors (Lipinski definition) is 0. The molecule has 2 aromatic rings. The smallest absolute Gasteiger partial charge is 0.408 e. The van der Waals surface area contributed by atoms with Crippen molar-refractivity contribution in [3.63, 3.8) is 0 Å². The molecule has 0 N–H and O–H groups in total. The summed E-state index contributed by atoms with van der Waals surface area (Å²) in [5.74, 6) is -0.545. The quantitative estimate of drug-likeness (QED) is 0.588. The van der Waals surface area contributed by atoms with Crippen molar-refractivity contribution in [3.8, 4) is 0 Å². The Kier molecular flexibility index (Phi) is 1.43. The largest absolute Gasteiger partial charge is 0.439 e. The van der Waals surface area contributed by atoms with Crippen LogP contribution in [0.4, 0.5) is 0 Å². The predicted octanol–water partition coefficient (Wildman–Crippen LogP) is 1.50. The van der Waals surface area contributed by atoms with Gasteiger partial charge in [0.15, 0.2) is 0 Å². The van der Waals surface area contributed by atoms with Crippen molar-refractivity contribution in [2.45, 2.75) is 6.92 Å². The highest BCUT2D eigenvalue weighted by Gasteiger charge is 1.98. The van der Waals surface area contributed by atoms with Crippen LogP contribution in [0.15, 0.2) is 33.6 Å². The van der Waals surface area contributed by atoms with Crippen LogP contribution in [0.5, 0.6) is 0 Å². The number of para-hydroxylation sites is 1. The number of rotatable bonds is 0. The minimum absolute atomic E-state index is 0.545. The van der Waals surface area contributed by atoms with Crippen molar-refractivity contribution < 1.29 is 4.42 Å². The van der Waals surface area contributed by atoms with Crippen molar-refractivity contribution in [1.29, 1.82) is 0 Å². The maximum absolute atomic E-state index is 10.8. The molecular formula is C9H7NO2. The van der Waals surface area contributed by atoms with Crippen LogP contribution in [0, 0.1) is 6.92 Å². The van der Waals surface area contributed by atoms with Gasteiger partial charge >= 0.3 is 5.76 Å². The van der Waals surface area contributed by atoms with Gasteiger partial charge in [0.1, 0.15) is 5.58 Å². The van der Waals surface area contributed by atoms with E-state index in [0.29, 0.717) is 5.58 Å². The summed E-state index contributed by atoms with van der Waals surface area (Å²) in [5.41, 5.74) is 1.57. The topological polar surface area (TPSA) is 43.1 Å². The van der Waals surface area contributed by atoms with Crippen LogP contribution < -0.4 is 5.76 Å². The fraction of sp³-hybridized carbons (Fsp3) is 0.111. The Balaban J connectivity index is 2.97. The molecule has 0 aliphatic heterocycles. The van der Waals surface area contributed by atoms with E-state index in [1.165, 1.54) is 6.20 Å². The molecule has 0 atom stereocenters. The standard InChI is InChI=1S/C9H7NO2/c1-6-3-2-4-7-5-10-9(11)12-8(6)7/h2-5H,1H3. The molecule has 0 aliphatic rings. The van der Waals surface area contributed by atoms with Gasteiger partial charge in [0, 0.05) is 11.6 Å². The molecule has 60 valence electrons. The second-order valence-corrected chi connectivity index (χ2v) is 2.62. The molecule has 12 heavy (non-hydrogen) atoms. The molecule has 0 spiro atoms. The van der Waals surface area contributed by atoms with Crippen molar-refractivity contribution in [1.82, 2.24) is 4.98 Å². The van der Waals surface area contributed by atoms with E-state index in [4.69, 9.17) is 4.42 Å². The Hall–Kier alpha value is -1.64. The number of hydrogen-bond acceptors (Lipinski definition) is 3. The Morgan fingerprint density at radius 1 is 1.42 bits per heavy atom. The highest BCUT2D eigenvalue weighted by Crippen LogP contribution is 2.13. The van der Waals surface area contributed by atoms with Gasteiger partial charge < -0.3 is 4.42 Å². The number of benzene rings is 1. The van der Waals surface area contributed by atoms with Crippen LogP contribution >= 0.6 is 0 Å². The monoisotopic (exact) mass is 161 g/mol. The summed E-state index contributed by atoms with van der Waals surface area (Å²) < 4.78 is 4.93. The third-order valence-electron chi connectivity index (χ3n) is 1.74. The molecule has 3 nitrogen and oxygen atoms in total. The first-order valence-electron chi connectivity index (χ1n) is 3.63. The molecule has 0 fully saturated rings. The van der Waals surface area contributed by atoms with Gasteiger partial charge in [-0.25, -0.2) is 4.79 Å². The van der Waals surface area contributed by atoms with Gasteiger partial charge in [-0.05, 0) is 18.6 Å². The molecule has 0 saturated carbocycles. The minimum Gasteiger partial charge on any atom is -0.408 e. The second kappa shape index (κ2) is 2.44. The van der Waals surface area contributed by atoms with Gasteiger partial charge in [0.2, 0.25) is 0 Å². The van der Waals surface area contributed by atoms with Crippen LogP contribution in [0.3, 0.4) is 0 Å². The minimum atomic E-state index is -0.545. The van der Waals surface area contributed by atoms with Crippen LogP contribution in [0.25, 0.3) is 11.0 Å². The third-order valence-corrected chi connectivity index (χ3v) is 1.74. The lowest BCUT2D eigenvalue weighted by molar-refractivity contribution is 0.529. The second-order valence-electron chi connectivity index (χ2n) is 2.62. The number of fused-ring (bicyclic) bond motifs is 1. The molecule has 0 amide bonds. The van der Waals surface area contributed by atoms with E-state index >= 15 is 0 Å². The van der Waals surface area contributed by atoms with Crippen LogP contribution in [-0.2, 0) is 0 Å². The highest BCUT2D eigenvalue weighted by atomic mass is 16.4. The molecule has 3 heteroatoms. The Labute approximate surface area is 68.7 Å². The lowest BCUT2D eigenvalue weighted by Gasteiger charge is -1.96. The maximum Gasteiger partial charge on any atom is 0.439 e. The molecule has 0 radical (unpaired) electrons. The Morgan fingerprint density at radius 3 is 3.08 bits per heavy atom. The van der Waals surface area contributed by atoms with E-state index in [1.807, 2.05) is 25.1 Å². The molecule has 0 saturated heterocycles. The molecule has 1 aromatic carbocycles. The average molecular weight is 161 g/mol. The van der Waals surface area contributed by atoms with Crippen LogP contribution in [-0.4, -0.2) is 4.98 Å². The predicted molar refractivity (Wildman–Crippen MR) is 45.0 cm³/mol. The Bertz CT molecular complexity index is 473. The molecular weight excluding hydrogens is 154 g/mol. The fourth-order valence-corrected chi connectivity index (χ4v) is 1.15. The molecule has 1 heterocycles. The first-order chi connectivity index (χ1) is 5.77. The lowest BCUT2D eigenvalue weighted by atomic mass is 10.2. The zero-order valence-electron chi connectivity index (χ0n) is 6.57. The number of nitrogens with zero attached hydrogens (tertiary/aromatic N) is 1.